The van der Waals surface area contributed by atoms with Gasteiger partial charge >= 0.3 is 12.1 Å². The topological polar surface area (TPSA) is 44.0 Å². The van der Waals surface area contributed by atoms with E-state index in [1.165, 1.54) is 28.3 Å². The van der Waals surface area contributed by atoms with Gasteiger partial charge in [-0.2, -0.15) is 0 Å². The van der Waals surface area contributed by atoms with E-state index in [4.69, 9.17) is 0 Å². The van der Waals surface area contributed by atoms with Crippen LogP contribution in [0, 0.1) is 0 Å². The quantitative estimate of drug-likeness (QED) is 0.796. The molecule has 0 unspecified atom stereocenters. The van der Waals surface area contributed by atoms with Gasteiger partial charge in [-0.15, -0.1) is 0 Å². The van der Waals surface area contributed by atoms with Crippen LogP contribution >= 0.6 is 15.9 Å². The maximum atomic E-state index is 12.4. The Hall–Kier alpha value is -1.50. The van der Waals surface area contributed by atoms with Crippen LogP contribution in [0.4, 0.5) is 8.78 Å². The van der Waals surface area contributed by atoms with Crippen LogP contribution in [0.1, 0.15) is 10.4 Å². The van der Waals surface area contributed by atoms with E-state index in [2.05, 4.69) is 15.9 Å². The maximum absolute atomic E-state index is 12.4. The number of nitrogens with zero attached hydrogens (tertiary/aromatic N) is 2. The molecule has 0 aliphatic heterocycles. The van der Waals surface area contributed by atoms with E-state index < -0.39 is 12.2 Å². The molecule has 0 N–H and O–H groups in total. The van der Waals surface area contributed by atoms with Gasteiger partial charge in [0.2, 0.25) is 5.78 Å². The van der Waals surface area contributed by atoms with Crippen LogP contribution in [0.25, 0.3) is 11.0 Å². The number of hydrogen-bond donors (Lipinski definition) is 0. The molecule has 0 atom stereocenters. The van der Waals surface area contributed by atoms with Gasteiger partial charge < -0.3 is 0 Å². The van der Waals surface area contributed by atoms with Crippen molar-refractivity contribution < 1.29 is 13.6 Å². The van der Waals surface area contributed by atoms with Crippen LogP contribution in [0.3, 0.4) is 0 Å². The van der Waals surface area contributed by atoms with E-state index in [1.54, 1.807) is 7.05 Å². The Balaban J connectivity index is 2.81. The fraction of sp³-hybridized carbons (Fsp3) is 0.273. The Morgan fingerprint density at radius 1 is 1.22 bits per heavy atom. The Morgan fingerprint density at radius 3 is 2.22 bits per heavy atom. The summed E-state index contributed by atoms with van der Waals surface area (Å²) in [4.78, 5) is 23.0. The van der Waals surface area contributed by atoms with Crippen molar-refractivity contribution in [1.82, 2.24) is 9.13 Å². The number of benzene rings is 1. The van der Waals surface area contributed by atoms with Crippen molar-refractivity contribution in [2.24, 2.45) is 14.1 Å². The van der Waals surface area contributed by atoms with Crippen LogP contribution in [0.5, 0.6) is 0 Å². The van der Waals surface area contributed by atoms with Gasteiger partial charge in [-0.1, -0.05) is 0 Å². The zero-order valence-corrected chi connectivity index (χ0v) is 11.2. The minimum atomic E-state index is -3.07. The summed E-state index contributed by atoms with van der Waals surface area (Å²) in [5.41, 5.74) is 0.604. The predicted octanol–water partition coefficient (Wildman–Crippen LogP) is 2.09. The molecule has 0 fully saturated rings. The molecule has 2 rings (SSSR count). The third-order valence-electron chi connectivity index (χ3n) is 2.82. The molecular formula is C11H9BrF2N2O2. The minimum absolute atomic E-state index is 0.126. The van der Waals surface area contributed by atoms with Gasteiger partial charge in [0.1, 0.15) is 0 Å². The van der Waals surface area contributed by atoms with Crippen molar-refractivity contribution >= 4 is 32.7 Å². The molecular weight excluding hydrogens is 310 g/mol. The van der Waals surface area contributed by atoms with Gasteiger partial charge in [0.15, 0.2) is 0 Å². The zero-order valence-electron chi connectivity index (χ0n) is 9.58. The van der Waals surface area contributed by atoms with E-state index in [0.29, 0.717) is 11.0 Å². The van der Waals surface area contributed by atoms with Crippen molar-refractivity contribution in [3.8, 4) is 0 Å². The van der Waals surface area contributed by atoms with E-state index in [1.807, 2.05) is 0 Å². The van der Waals surface area contributed by atoms with Crippen LogP contribution in [-0.4, -0.2) is 21.3 Å². The first-order valence-corrected chi connectivity index (χ1v) is 5.81. The number of fused-ring (bicyclic) bond motifs is 1. The van der Waals surface area contributed by atoms with Crippen LogP contribution < -0.4 is 5.69 Å². The summed E-state index contributed by atoms with van der Waals surface area (Å²) < 4.78 is 27.8. The van der Waals surface area contributed by atoms with E-state index in [-0.39, 0.29) is 15.7 Å². The fourth-order valence-corrected chi connectivity index (χ4v) is 2.35. The molecule has 0 radical (unpaired) electrons. The largest absolute Gasteiger partial charge is 0.328 e. The Bertz CT molecular complexity index is 703. The molecule has 96 valence electrons. The van der Waals surface area contributed by atoms with Crippen molar-refractivity contribution in [1.29, 1.82) is 0 Å². The average Bonchev–Trinajstić information content (AvgIpc) is 2.53. The Labute approximate surface area is 109 Å². The second-order valence-corrected chi connectivity index (χ2v) is 4.74. The summed E-state index contributed by atoms with van der Waals surface area (Å²) in [6.07, 6.45) is -3.07. The number of Topliss-reactive ketones (excluding diaryl/α,β-unsaturated/α-hetero) is 1. The van der Waals surface area contributed by atoms with Crippen molar-refractivity contribution in [3.63, 3.8) is 0 Å². The number of carbonyl (C=O) groups excluding carboxylic acids is 1. The molecule has 2 aromatic rings. The second-order valence-electron chi connectivity index (χ2n) is 3.89. The molecule has 0 saturated heterocycles. The third-order valence-corrected chi connectivity index (χ3v) is 3.48. The number of halogens is 3. The number of aryl methyl sites for hydroxylation is 2. The van der Waals surface area contributed by atoms with Crippen LogP contribution in [0.15, 0.2) is 21.4 Å². The molecule has 0 bridgehead atoms. The number of ketones is 1. The van der Waals surface area contributed by atoms with Crippen LogP contribution in [0.2, 0.25) is 0 Å². The van der Waals surface area contributed by atoms with Crippen molar-refractivity contribution in [2.75, 3.05) is 0 Å². The standard InChI is InChI=1S/C11H9BrF2N2O2/c1-15-7-3-5(9(17)10(13)14)6(12)4-8(7)16(2)11(15)18/h3-4,10H,1-2H3. The lowest BCUT2D eigenvalue weighted by Gasteiger charge is -2.04. The highest BCUT2D eigenvalue weighted by atomic mass is 79.9. The lowest BCUT2D eigenvalue weighted by Crippen LogP contribution is -2.19. The number of carbonyl (C=O) groups is 1. The van der Waals surface area contributed by atoms with E-state index in [9.17, 15) is 18.4 Å². The average molecular weight is 319 g/mol. The highest BCUT2D eigenvalue weighted by Gasteiger charge is 2.22. The minimum Gasteiger partial charge on any atom is -0.295 e. The molecule has 18 heavy (non-hydrogen) atoms. The van der Waals surface area contributed by atoms with Gasteiger partial charge in [-0.3, -0.25) is 13.9 Å². The van der Waals surface area contributed by atoms with Crippen molar-refractivity contribution in [3.05, 3.63) is 32.7 Å². The lowest BCUT2D eigenvalue weighted by molar-refractivity contribution is 0.0678. The number of imidazole rings is 1. The van der Waals surface area contributed by atoms with Crippen molar-refractivity contribution in [2.45, 2.75) is 6.43 Å². The summed E-state index contributed by atoms with van der Waals surface area (Å²) in [5, 5.41) is 0. The predicted molar refractivity (Wildman–Crippen MR) is 66.2 cm³/mol. The highest BCUT2D eigenvalue weighted by molar-refractivity contribution is 9.10. The molecule has 0 aliphatic carbocycles. The zero-order chi connectivity index (χ0) is 13.6. The molecule has 1 aromatic carbocycles. The maximum Gasteiger partial charge on any atom is 0.328 e. The molecule has 1 aromatic heterocycles. The third kappa shape index (κ3) is 1.78. The normalized spacial score (nSPS) is 11.4. The fourth-order valence-electron chi connectivity index (χ4n) is 1.83. The Morgan fingerprint density at radius 2 is 1.72 bits per heavy atom. The molecule has 1 heterocycles. The first-order valence-electron chi connectivity index (χ1n) is 5.02. The number of rotatable bonds is 2. The summed E-state index contributed by atoms with van der Waals surface area (Å²) in [6.45, 7) is 0. The lowest BCUT2D eigenvalue weighted by atomic mass is 10.1. The molecule has 7 heteroatoms. The number of aromatic nitrogens is 2. The van der Waals surface area contributed by atoms with Gasteiger partial charge in [0.05, 0.1) is 11.0 Å². The van der Waals surface area contributed by atoms with Gasteiger partial charge in [0.25, 0.3) is 0 Å². The second kappa shape index (κ2) is 4.31. The summed E-state index contributed by atoms with van der Waals surface area (Å²) >= 11 is 3.08. The van der Waals surface area contributed by atoms with Gasteiger partial charge in [0, 0.05) is 24.1 Å². The first kappa shape index (κ1) is 12.9. The number of alkyl halides is 2. The first-order chi connectivity index (χ1) is 8.34. The van der Waals surface area contributed by atoms with Gasteiger partial charge in [-0.05, 0) is 28.1 Å². The summed E-state index contributed by atoms with van der Waals surface area (Å²) in [7, 11) is 3.10. The van der Waals surface area contributed by atoms with Crippen LogP contribution in [-0.2, 0) is 14.1 Å². The SMILES string of the molecule is Cn1c(=O)n(C)c2cc(C(=O)C(F)F)c(Br)cc21. The van der Waals surface area contributed by atoms with E-state index in [0.717, 1.165) is 0 Å². The Kier molecular flexibility index (Phi) is 3.10. The molecule has 4 nitrogen and oxygen atoms in total. The molecule has 0 spiro atoms. The molecule has 0 saturated carbocycles. The monoisotopic (exact) mass is 318 g/mol. The smallest absolute Gasteiger partial charge is 0.295 e. The van der Waals surface area contributed by atoms with E-state index >= 15 is 0 Å². The highest BCUT2D eigenvalue weighted by Crippen LogP contribution is 2.25. The summed E-state index contributed by atoms with van der Waals surface area (Å²) in [5.74, 6) is -1.26. The molecule has 0 amide bonds. The summed E-state index contributed by atoms with van der Waals surface area (Å²) in [6, 6.07) is 2.79. The number of hydrogen-bond acceptors (Lipinski definition) is 2. The molecule has 0 aliphatic rings. The van der Waals surface area contributed by atoms with Gasteiger partial charge in [-0.25, -0.2) is 13.6 Å².